The highest BCUT2D eigenvalue weighted by Gasteiger charge is 2.13. The summed E-state index contributed by atoms with van der Waals surface area (Å²) in [5.41, 5.74) is 0.964. The Balaban J connectivity index is 2.10. The number of hydrogen-bond donors (Lipinski definition) is 1. The zero-order valence-electron chi connectivity index (χ0n) is 13.7. The zero-order chi connectivity index (χ0) is 16.9. The fourth-order valence-corrected chi connectivity index (χ4v) is 3.07. The van der Waals surface area contributed by atoms with Gasteiger partial charge >= 0.3 is 0 Å². The van der Waals surface area contributed by atoms with Gasteiger partial charge in [0.15, 0.2) is 9.84 Å². The second kappa shape index (κ2) is 7.41. The van der Waals surface area contributed by atoms with E-state index in [2.05, 4.69) is 34.0 Å². The number of nitrogens with zero attached hydrogens (tertiary/aromatic N) is 3. The van der Waals surface area contributed by atoms with Gasteiger partial charge in [0.1, 0.15) is 16.5 Å². The first-order valence-electron chi connectivity index (χ1n) is 7.54. The molecular formula is C16H22N4O2S. The maximum atomic E-state index is 11.8. The Kier molecular flexibility index (Phi) is 5.54. The van der Waals surface area contributed by atoms with Gasteiger partial charge < -0.3 is 10.2 Å². The van der Waals surface area contributed by atoms with E-state index in [0.29, 0.717) is 12.4 Å². The molecule has 0 saturated heterocycles. The Morgan fingerprint density at radius 1 is 1.13 bits per heavy atom. The summed E-state index contributed by atoms with van der Waals surface area (Å²) in [5.74, 6) is 1.30. The Morgan fingerprint density at radius 3 is 2.43 bits per heavy atom. The van der Waals surface area contributed by atoms with Crippen molar-refractivity contribution in [2.75, 3.05) is 29.6 Å². The van der Waals surface area contributed by atoms with Crippen molar-refractivity contribution in [3.05, 3.63) is 42.2 Å². The molecule has 2 rings (SSSR count). The topological polar surface area (TPSA) is 75.2 Å². The van der Waals surface area contributed by atoms with E-state index < -0.39 is 9.84 Å². The van der Waals surface area contributed by atoms with Crippen molar-refractivity contribution in [1.82, 2.24) is 9.97 Å². The maximum absolute atomic E-state index is 11.8. The average molecular weight is 334 g/mol. The van der Waals surface area contributed by atoms with Crippen LogP contribution in [0.1, 0.15) is 19.4 Å². The molecule has 0 aromatic carbocycles. The van der Waals surface area contributed by atoms with Gasteiger partial charge in [-0.25, -0.2) is 18.4 Å². The SMILES string of the molecule is CCN(CC)c1ccc(CNc2ncccc2S(C)(=O)=O)cn1. The van der Waals surface area contributed by atoms with Gasteiger partial charge in [0, 0.05) is 38.3 Å². The van der Waals surface area contributed by atoms with Crippen LogP contribution in [0, 0.1) is 0 Å². The van der Waals surface area contributed by atoms with Crippen molar-refractivity contribution in [3.8, 4) is 0 Å². The van der Waals surface area contributed by atoms with Crippen molar-refractivity contribution >= 4 is 21.5 Å². The van der Waals surface area contributed by atoms with Crippen molar-refractivity contribution < 1.29 is 8.42 Å². The van der Waals surface area contributed by atoms with Gasteiger partial charge in [0.25, 0.3) is 0 Å². The predicted octanol–water partition coefficient (Wildman–Crippen LogP) is 2.34. The standard InChI is InChI=1S/C16H22N4O2S/c1-4-20(5-2)15-9-8-13(11-18-15)12-19-16-14(23(3,21)22)7-6-10-17-16/h6-11H,4-5,12H2,1-3H3,(H,17,19). The molecule has 2 aromatic heterocycles. The number of aromatic nitrogens is 2. The second-order valence-corrected chi connectivity index (χ2v) is 7.16. The first kappa shape index (κ1) is 17.2. The highest BCUT2D eigenvalue weighted by Crippen LogP contribution is 2.19. The number of rotatable bonds is 7. The maximum Gasteiger partial charge on any atom is 0.179 e. The summed E-state index contributed by atoms with van der Waals surface area (Å²) < 4.78 is 23.5. The van der Waals surface area contributed by atoms with Crippen LogP contribution >= 0.6 is 0 Å². The first-order chi connectivity index (χ1) is 11.0. The number of hydrogen-bond acceptors (Lipinski definition) is 6. The van der Waals surface area contributed by atoms with E-state index >= 15 is 0 Å². The summed E-state index contributed by atoms with van der Waals surface area (Å²) in [7, 11) is -3.31. The Bertz CT molecular complexity index is 741. The van der Waals surface area contributed by atoms with Crippen LogP contribution in [0.25, 0.3) is 0 Å². The third kappa shape index (κ3) is 4.41. The Morgan fingerprint density at radius 2 is 1.87 bits per heavy atom. The van der Waals surface area contributed by atoms with E-state index in [9.17, 15) is 8.42 Å². The molecule has 0 unspecified atom stereocenters. The lowest BCUT2D eigenvalue weighted by molar-refractivity contribution is 0.601. The van der Waals surface area contributed by atoms with Gasteiger partial charge in [-0.05, 0) is 37.6 Å². The predicted molar refractivity (Wildman–Crippen MR) is 92.5 cm³/mol. The van der Waals surface area contributed by atoms with Crippen LogP contribution in [0.3, 0.4) is 0 Å². The minimum atomic E-state index is -3.31. The molecule has 0 fully saturated rings. The molecule has 6 nitrogen and oxygen atoms in total. The highest BCUT2D eigenvalue weighted by atomic mass is 32.2. The third-order valence-corrected chi connectivity index (χ3v) is 4.66. The molecule has 0 bridgehead atoms. The molecule has 0 saturated carbocycles. The van der Waals surface area contributed by atoms with E-state index in [1.165, 1.54) is 6.26 Å². The summed E-state index contributed by atoms with van der Waals surface area (Å²) in [4.78, 5) is 10.9. The highest BCUT2D eigenvalue weighted by molar-refractivity contribution is 7.90. The quantitative estimate of drug-likeness (QED) is 0.838. The van der Waals surface area contributed by atoms with E-state index in [4.69, 9.17) is 0 Å². The lowest BCUT2D eigenvalue weighted by atomic mass is 10.2. The summed E-state index contributed by atoms with van der Waals surface area (Å²) in [6.45, 7) is 6.47. The average Bonchev–Trinajstić information content (AvgIpc) is 2.54. The molecule has 23 heavy (non-hydrogen) atoms. The second-order valence-electron chi connectivity index (χ2n) is 5.17. The third-order valence-electron chi connectivity index (χ3n) is 3.53. The van der Waals surface area contributed by atoms with E-state index in [1.807, 2.05) is 12.1 Å². The molecule has 1 N–H and O–H groups in total. The fraction of sp³-hybridized carbons (Fsp3) is 0.375. The molecule has 7 heteroatoms. The van der Waals surface area contributed by atoms with Gasteiger partial charge in [-0.1, -0.05) is 6.07 Å². The molecule has 0 spiro atoms. The minimum Gasteiger partial charge on any atom is -0.365 e. The number of nitrogens with one attached hydrogen (secondary N) is 1. The lowest BCUT2D eigenvalue weighted by Gasteiger charge is -2.19. The molecule has 0 aliphatic heterocycles. The van der Waals surface area contributed by atoms with Crippen LogP contribution in [0.2, 0.25) is 0 Å². The van der Waals surface area contributed by atoms with Crippen molar-refractivity contribution in [2.24, 2.45) is 0 Å². The molecule has 0 aliphatic carbocycles. The summed E-state index contributed by atoms with van der Waals surface area (Å²) in [5, 5.41) is 3.07. The van der Waals surface area contributed by atoms with Crippen LogP contribution in [0.5, 0.6) is 0 Å². The molecule has 0 aliphatic rings. The van der Waals surface area contributed by atoms with Crippen LogP contribution in [-0.2, 0) is 16.4 Å². The van der Waals surface area contributed by atoms with E-state index in [-0.39, 0.29) is 4.90 Å². The van der Waals surface area contributed by atoms with Gasteiger partial charge in [0.2, 0.25) is 0 Å². The van der Waals surface area contributed by atoms with Crippen LogP contribution in [0.15, 0.2) is 41.6 Å². The number of pyridine rings is 2. The smallest absolute Gasteiger partial charge is 0.179 e. The van der Waals surface area contributed by atoms with Crippen LogP contribution in [-0.4, -0.2) is 37.7 Å². The van der Waals surface area contributed by atoms with Gasteiger partial charge in [-0.15, -0.1) is 0 Å². The summed E-state index contributed by atoms with van der Waals surface area (Å²) >= 11 is 0. The fourth-order valence-electron chi connectivity index (χ4n) is 2.26. The Hall–Kier alpha value is -2.15. The van der Waals surface area contributed by atoms with E-state index in [0.717, 1.165) is 24.5 Å². The summed E-state index contributed by atoms with van der Waals surface area (Å²) in [6, 6.07) is 7.12. The zero-order valence-corrected chi connectivity index (χ0v) is 14.5. The molecule has 0 atom stereocenters. The van der Waals surface area contributed by atoms with Gasteiger partial charge in [-0.3, -0.25) is 0 Å². The number of anilines is 2. The largest absolute Gasteiger partial charge is 0.365 e. The molecule has 2 heterocycles. The number of sulfone groups is 1. The van der Waals surface area contributed by atoms with Gasteiger partial charge in [0.05, 0.1) is 0 Å². The molecule has 0 amide bonds. The van der Waals surface area contributed by atoms with Crippen molar-refractivity contribution in [2.45, 2.75) is 25.3 Å². The normalized spacial score (nSPS) is 11.3. The molecule has 2 aromatic rings. The van der Waals surface area contributed by atoms with Gasteiger partial charge in [-0.2, -0.15) is 0 Å². The van der Waals surface area contributed by atoms with E-state index in [1.54, 1.807) is 24.5 Å². The molecule has 0 radical (unpaired) electrons. The Labute approximate surface area is 137 Å². The monoisotopic (exact) mass is 334 g/mol. The lowest BCUT2D eigenvalue weighted by Crippen LogP contribution is -2.22. The van der Waals surface area contributed by atoms with Crippen LogP contribution < -0.4 is 10.2 Å². The summed E-state index contributed by atoms with van der Waals surface area (Å²) in [6.07, 6.45) is 4.54. The first-order valence-corrected chi connectivity index (χ1v) is 9.43. The molecular weight excluding hydrogens is 312 g/mol. The minimum absolute atomic E-state index is 0.202. The van der Waals surface area contributed by atoms with Crippen molar-refractivity contribution in [3.63, 3.8) is 0 Å². The van der Waals surface area contributed by atoms with Crippen LogP contribution in [0.4, 0.5) is 11.6 Å². The van der Waals surface area contributed by atoms with Crippen molar-refractivity contribution in [1.29, 1.82) is 0 Å². The molecule has 124 valence electrons.